The summed E-state index contributed by atoms with van der Waals surface area (Å²) < 4.78 is 37.6. The molecule has 0 radical (unpaired) electrons. The van der Waals surface area contributed by atoms with E-state index in [1.54, 1.807) is 12.4 Å². The molecule has 0 spiro atoms. The van der Waals surface area contributed by atoms with E-state index in [4.69, 9.17) is 9.47 Å². The number of anilines is 1. The smallest absolute Gasteiger partial charge is 0.257 e. The number of unbranched alkanes of at least 4 members (excludes halogenated alkanes) is 1. The molecule has 8 nitrogen and oxygen atoms in total. The fourth-order valence-electron chi connectivity index (χ4n) is 3.05. The first-order chi connectivity index (χ1) is 12.1. The van der Waals surface area contributed by atoms with Gasteiger partial charge in [-0.05, 0) is 12.8 Å². The molecule has 3 rings (SSSR count). The van der Waals surface area contributed by atoms with Crippen LogP contribution in [-0.4, -0.2) is 73.9 Å². The van der Waals surface area contributed by atoms with Crippen LogP contribution in [0.1, 0.15) is 26.2 Å². The summed E-state index contributed by atoms with van der Waals surface area (Å²) >= 11 is 0. The van der Waals surface area contributed by atoms with E-state index in [9.17, 15) is 8.42 Å². The molecule has 2 saturated heterocycles. The normalized spacial score (nSPS) is 22.3. The third-order valence-electron chi connectivity index (χ3n) is 4.49. The summed E-state index contributed by atoms with van der Waals surface area (Å²) in [4.78, 5) is 10.8. The van der Waals surface area contributed by atoms with Crippen molar-refractivity contribution in [1.82, 2.24) is 14.3 Å². The molecule has 0 aliphatic carbocycles. The van der Waals surface area contributed by atoms with Gasteiger partial charge in [0.1, 0.15) is 6.10 Å². The molecule has 25 heavy (non-hydrogen) atoms. The third kappa shape index (κ3) is 4.59. The molecular weight excluding hydrogens is 344 g/mol. The maximum absolute atomic E-state index is 12.3. The molecular formula is C16H26N4O4S. The topological polar surface area (TPSA) is 84.9 Å². The van der Waals surface area contributed by atoms with Crippen LogP contribution in [0.5, 0.6) is 5.88 Å². The van der Waals surface area contributed by atoms with Crippen molar-refractivity contribution in [3.8, 4) is 5.88 Å². The van der Waals surface area contributed by atoms with Gasteiger partial charge < -0.3 is 14.4 Å². The van der Waals surface area contributed by atoms with Crippen molar-refractivity contribution in [2.45, 2.75) is 32.3 Å². The Morgan fingerprint density at radius 1 is 1.24 bits per heavy atom. The molecule has 0 saturated carbocycles. The maximum atomic E-state index is 12.3. The van der Waals surface area contributed by atoms with Crippen molar-refractivity contribution >= 4 is 15.8 Å². The van der Waals surface area contributed by atoms with E-state index < -0.39 is 10.0 Å². The van der Waals surface area contributed by atoms with Crippen LogP contribution in [0.4, 0.5) is 5.82 Å². The van der Waals surface area contributed by atoms with Crippen molar-refractivity contribution in [2.24, 2.45) is 0 Å². The molecule has 1 aromatic heterocycles. The number of sulfonamides is 1. The maximum Gasteiger partial charge on any atom is 0.257 e. The number of rotatable bonds is 7. The standard InChI is InChI=1S/C16H26N4O4S/c1-2-3-12-25(21,22)20-7-4-14(13-20)24-16-15(17-5-6-18-16)19-8-10-23-11-9-19/h5-6,14H,2-4,7-13H2,1H3. The van der Waals surface area contributed by atoms with E-state index in [1.807, 2.05) is 6.92 Å². The van der Waals surface area contributed by atoms with Crippen molar-refractivity contribution in [3.63, 3.8) is 0 Å². The summed E-state index contributed by atoms with van der Waals surface area (Å²) in [5, 5.41) is 0. The Morgan fingerprint density at radius 2 is 2.00 bits per heavy atom. The second-order valence-electron chi connectivity index (χ2n) is 6.34. The third-order valence-corrected chi connectivity index (χ3v) is 6.42. The fraction of sp³-hybridized carbons (Fsp3) is 0.750. The lowest BCUT2D eigenvalue weighted by atomic mass is 10.3. The van der Waals surface area contributed by atoms with Crippen LogP contribution in [-0.2, 0) is 14.8 Å². The lowest BCUT2D eigenvalue weighted by Crippen LogP contribution is -2.37. The van der Waals surface area contributed by atoms with Gasteiger partial charge >= 0.3 is 0 Å². The molecule has 2 fully saturated rings. The van der Waals surface area contributed by atoms with Gasteiger partial charge in [-0.3, -0.25) is 0 Å². The highest BCUT2D eigenvalue weighted by Crippen LogP contribution is 2.27. The largest absolute Gasteiger partial charge is 0.470 e. The molecule has 2 aliphatic rings. The number of ether oxygens (including phenoxy) is 2. The summed E-state index contributed by atoms with van der Waals surface area (Å²) in [5.74, 6) is 1.39. The van der Waals surface area contributed by atoms with Gasteiger partial charge in [0.2, 0.25) is 10.0 Å². The Kier molecular flexibility index (Phi) is 6.08. The molecule has 1 aromatic rings. The molecule has 0 N–H and O–H groups in total. The van der Waals surface area contributed by atoms with Crippen LogP contribution < -0.4 is 9.64 Å². The predicted molar refractivity (Wildman–Crippen MR) is 94.4 cm³/mol. The summed E-state index contributed by atoms with van der Waals surface area (Å²) in [6.07, 6.45) is 5.29. The highest BCUT2D eigenvalue weighted by molar-refractivity contribution is 7.89. The van der Waals surface area contributed by atoms with Crippen LogP contribution in [0.25, 0.3) is 0 Å². The number of hydrogen-bond acceptors (Lipinski definition) is 7. The van der Waals surface area contributed by atoms with Crippen LogP contribution >= 0.6 is 0 Å². The summed E-state index contributed by atoms with van der Waals surface area (Å²) in [6.45, 7) is 5.68. The van der Waals surface area contributed by atoms with Crippen molar-refractivity contribution in [1.29, 1.82) is 0 Å². The molecule has 0 bridgehead atoms. The van der Waals surface area contributed by atoms with E-state index in [0.717, 1.165) is 19.5 Å². The quantitative estimate of drug-likeness (QED) is 0.705. The Morgan fingerprint density at radius 3 is 2.76 bits per heavy atom. The number of morpholine rings is 1. The first-order valence-corrected chi connectivity index (χ1v) is 10.5. The lowest BCUT2D eigenvalue weighted by Gasteiger charge is -2.29. The Labute approximate surface area is 149 Å². The fourth-order valence-corrected chi connectivity index (χ4v) is 4.74. The molecule has 0 aromatic carbocycles. The van der Waals surface area contributed by atoms with Gasteiger partial charge in [-0.2, -0.15) is 4.31 Å². The minimum Gasteiger partial charge on any atom is -0.470 e. The second kappa shape index (κ2) is 8.29. The van der Waals surface area contributed by atoms with E-state index >= 15 is 0 Å². The Balaban J connectivity index is 1.64. The zero-order valence-electron chi connectivity index (χ0n) is 14.6. The van der Waals surface area contributed by atoms with Crippen LogP contribution in [0, 0.1) is 0 Å². The van der Waals surface area contributed by atoms with E-state index in [2.05, 4.69) is 14.9 Å². The van der Waals surface area contributed by atoms with Crippen molar-refractivity contribution < 1.29 is 17.9 Å². The Bertz CT molecular complexity index is 664. The van der Waals surface area contributed by atoms with E-state index in [-0.39, 0.29) is 11.9 Å². The second-order valence-corrected chi connectivity index (χ2v) is 8.43. The predicted octanol–water partition coefficient (Wildman–Crippen LogP) is 0.896. The average molecular weight is 370 g/mol. The SMILES string of the molecule is CCCCS(=O)(=O)N1CCC(Oc2nccnc2N2CCOCC2)C1. The van der Waals surface area contributed by atoms with E-state index in [1.165, 1.54) is 4.31 Å². The minimum atomic E-state index is -3.19. The average Bonchev–Trinajstić information content (AvgIpc) is 3.11. The Hall–Kier alpha value is -1.45. The first-order valence-electron chi connectivity index (χ1n) is 8.88. The van der Waals surface area contributed by atoms with Crippen LogP contribution in [0.2, 0.25) is 0 Å². The monoisotopic (exact) mass is 370 g/mol. The number of nitrogens with zero attached hydrogens (tertiary/aromatic N) is 4. The molecule has 140 valence electrons. The summed E-state index contributed by atoms with van der Waals surface area (Å²) in [6, 6.07) is 0. The number of aromatic nitrogens is 2. The molecule has 9 heteroatoms. The van der Waals surface area contributed by atoms with Crippen LogP contribution in [0.15, 0.2) is 12.4 Å². The minimum absolute atomic E-state index is 0.187. The zero-order valence-corrected chi connectivity index (χ0v) is 15.4. The van der Waals surface area contributed by atoms with Gasteiger partial charge in [0, 0.05) is 32.0 Å². The van der Waals surface area contributed by atoms with Gasteiger partial charge in [-0.1, -0.05) is 13.3 Å². The number of hydrogen-bond donors (Lipinski definition) is 0. The van der Waals surface area contributed by atoms with Crippen molar-refractivity contribution in [2.75, 3.05) is 50.0 Å². The van der Waals surface area contributed by atoms with Gasteiger partial charge in [0.25, 0.3) is 5.88 Å². The summed E-state index contributed by atoms with van der Waals surface area (Å²) in [7, 11) is -3.19. The van der Waals surface area contributed by atoms with Crippen LogP contribution in [0.3, 0.4) is 0 Å². The highest BCUT2D eigenvalue weighted by Gasteiger charge is 2.33. The van der Waals surface area contributed by atoms with Gasteiger partial charge in [0.05, 0.1) is 25.5 Å². The first kappa shape index (κ1) is 18.3. The van der Waals surface area contributed by atoms with Crippen molar-refractivity contribution in [3.05, 3.63) is 12.4 Å². The van der Waals surface area contributed by atoms with Gasteiger partial charge in [0.15, 0.2) is 5.82 Å². The van der Waals surface area contributed by atoms with Gasteiger partial charge in [-0.15, -0.1) is 0 Å². The van der Waals surface area contributed by atoms with Gasteiger partial charge in [-0.25, -0.2) is 18.4 Å². The molecule has 0 amide bonds. The highest BCUT2D eigenvalue weighted by atomic mass is 32.2. The molecule has 1 atom stereocenters. The molecule has 3 heterocycles. The molecule has 1 unspecified atom stereocenters. The summed E-state index contributed by atoms with van der Waals surface area (Å²) in [5.41, 5.74) is 0. The molecule has 2 aliphatic heterocycles. The van der Waals surface area contributed by atoms with E-state index in [0.29, 0.717) is 50.8 Å². The lowest BCUT2D eigenvalue weighted by molar-refractivity contribution is 0.121. The zero-order chi connectivity index (χ0) is 17.7.